The van der Waals surface area contributed by atoms with Gasteiger partial charge < -0.3 is 5.32 Å². The summed E-state index contributed by atoms with van der Waals surface area (Å²) in [7, 11) is -3.27. The van der Waals surface area contributed by atoms with Crippen molar-refractivity contribution in [3.05, 3.63) is 29.8 Å². The molecule has 0 amide bonds. The van der Waals surface area contributed by atoms with Gasteiger partial charge in [-0.1, -0.05) is 18.6 Å². The largest absolute Gasteiger partial charge is 0.305 e. The SMILES string of the molecule is CS(=O)(=O)c1cccc(CNC2CCCCC2(F)F)c1. The van der Waals surface area contributed by atoms with Crippen LogP contribution >= 0.6 is 0 Å². The van der Waals surface area contributed by atoms with Gasteiger partial charge in [-0.3, -0.25) is 0 Å². The molecule has 1 saturated carbocycles. The fourth-order valence-electron chi connectivity index (χ4n) is 2.47. The molecule has 1 atom stereocenters. The molecule has 20 heavy (non-hydrogen) atoms. The molecular weight excluding hydrogens is 284 g/mol. The Morgan fingerprint density at radius 3 is 2.75 bits per heavy atom. The standard InChI is InChI=1S/C14H19F2NO2S/c1-20(18,19)12-6-4-5-11(9-12)10-17-13-7-2-3-8-14(13,15)16/h4-6,9,13,17H,2-3,7-8,10H2,1H3. The molecule has 1 N–H and O–H groups in total. The Labute approximate surface area is 118 Å². The molecule has 1 aliphatic rings. The van der Waals surface area contributed by atoms with E-state index in [1.165, 1.54) is 12.1 Å². The van der Waals surface area contributed by atoms with Crippen LogP contribution in [0.25, 0.3) is 0 Å². The summed E-state index contributed by atoms with van der Waals surface area (Å²) in [6, 6.07) is 5.59. The van der Waals surface area contributed by atoms with E-state index in [1.807, 2.05) is 0 Å². The lowest BCUT2D eigenvalue weighted by Crippen LogP contribution is -2.46. The van der Waals surface area contributed by atoms with E-state index in [0.717, 1.165) is 12.7 Å². The maximum atomic E-state index is 13.7. The zero-order valence-electron chi connectivity index (χ0n) is 11.4. The Morgan fingerprint density at radius 2 is 2.10 bits per heavy atom. The van der Waals surface area contributed by atoms with E-state index in [0.29, 0.717) is 18.4 Å². The predicted octanol–water partition coefficient (Wildman–Crippen LogP) is 2.76. The Hall–Kier alpha value is -1.01. The molecule has 112 valence electrons. The highest BCUT2D eigenvalue weighted by Gasteiger charge is 2.40. The molecule has 2 rings (SSSR count). The summed E-state index contributed by atoms with van der Waals surface area (Å²) in [4.78, 5) is 0.215. The van der Waals surface area contributed by atoms with Crippen LogP contribution in [0.2, 0.25) is 0 Å². The third-order valence-electron chi connectivity index (χ3n) is 3.64. The van der Waals surface area contributed by atoms with E-state index in [-0.39, 0.29) is 17.9 Å². The molecule has 3 nitrogen and oxygen atoms in total. The summed E-state index contributed by atoms with van der Waals surface area (Å²) >= 11 is 0. The van der Waals surface area contributed by atoms with Gasteiger partial charge in [0.2, 0.25) is 0 Å². The molecule has 1 unspecified atom stereocenters. The van der Waals surface area contributed by atoms with E-state index < -0.39 is 21.8 Å². The number of benzene rings is 1. The molecule has 0 aliphatic heterocycles. The highest BCUT2D eigenvalue weighted by atomic mass is 32.2. The molecule has 0 saturated heterocycles. The number of nitrogens with one attached hydrogen (secondary N) is 1. The van der Waals surface area contributed by atoms with Crippen molar-refractivity contribution in [1.82, 2.24) is 5.32 Å². The van der Waals surface area contributed by atoms with Gasteiger partial charge in [-0.2, -0.15) is 0 Å². The van der Waals surface area contributed by atoms with Gasteiger partial charge in [0.05, 0.1) is 10.9 Å². The summed E-state index contributed by atoms with van der Waals surface area (Å²) in [5.74, 6) is -2.67. The zero-order valence-corrected chi connectivity index (χ0v) is 12.2. The normalized spacial score (nSPS) is 22.6. The van der Waals surface area contributed by atoms with Crippen LogP contribution in [0.1, 0.15) is 31.2 Å². The van der Waals surface area contributed by atoms with Crippen LogP contribution in [0.3, 0.4) is 0 Å². The van der Waals surface area contributed by atoms with Gasteiger partial charge in [-0.15, -0.1) is 0 Å². The van der Waals surface area contributed by atoms with Crippen molar-refractivity contribution in [1.29, 1.82) is 0 Å². The van der Waals surface area contributed by atoms with Gasteiger partial charge in [-0.05, 0) is 30.5 Å². The number of hydrogen-bond acceptors (Lipinski definition) is 3. The maximum Gasteiger partial charge on any atom is 0.263 e. The van der Waals surface area contributed by atoms with Crippen molar-refractivity contribution in [3.63, 3.8) is 0 Å². The van der Waals surface area contributed by atoms with Gasteiger partial charge >= 0.3 is 0 Å². The van der Waals surface area contributed by atoms with E-state index in [2.05, 4.69) is 5.32 Å². The Bertz CT molecular complexity index is 572. The Morgan fingerprint density at radius 1 is 1.35 bits per heavy atom. The number of rotatable bonds is 4. The zero-order chi connectivity index (χ0) is 14.8. The number of sulfone groups is 1. The molecule has 1 aliphatic carbocycles. The molecule has 1 aromatic rings. The molecule has 0 aromatic heterocycles. The van der Waals surface area contributed by atoms with Crippen LogP contribution in [0.5, 0.6) is 0 Å². The average molecular weight is 303 g/mol. The number of hydrogen-bond donors (Lipinski definition) is 1. The first-order valence-electron chi connectivity index (χ1n) is 6.69. The van der Waals surface area contributed by atoms with Crippen molar-refractivity contribution in [2.24, 2.45) is 0 Å². The van der Waals surface area contributed by atoms with Crippen LogP contribution in [0.4, 0.5) is 8.78 Å². The van der Waals surface area contributed by atoms with Crippen molar-refractivity contribution in [2.75, 3.05) is 6.26 Å². The minimum atomic E-state index is -3.27. The third-order valence-corrected chi connectivity index (χ3v) is 4.75. The smallest absolute Gasteiger partial charge is 0.263 e. The lowest BCUT2D eigenvalue weighted by atomic mass is 9.91. The van der Waals surface area contributed by atoms with Crippen molar-refractivity contribution >= 4 is 9.84 Å². The van der Waals surface area contributed by atoms with Crippen LogP contribution in [0, 0.1) is 0 Å². The van der Waals surface area contributed by atoms with Gasteiger partial charge in [0.15, 0.2) is 9.84 Å². The number of alkyl halides is 2. The summed E-state index contributed by atoms with van der Waals surface area (Å²) in [6.45, 7) is 0.254. The summed E-state index contributed by atoms with van der Waals surface area (Å²) in [6.07, 6.45) is 2.88. The monoisotopic (exact) mass is 303 g/mol. The van der Waals surface area contributed by atoms with E-state index in [9.17, 15) is 17.2 Å². The second-order valence-corrected chi connectivity index (χ2v) is 7.38. The summed E-state index contributed by atoms with van der Waals surface area (Å²) in [5.41, 5.74) is 0.703. The summed E-state index contributed by atoms with van der Waals surface area (Å²) < 4.78 is 50.3. The van der Waals surface area contributed by atoms with Gasteiger partial charge in [-0.25, -0.2) is 17.2 Å². The van der Waals surface area contributed by atoms with E-state index in [1.54, 1.807) is 12.1 Å². The molecule has 6 heteroatoms. The highest BCUT2D eigenvalue weighted by molar-refractivity contribution is 7.90. The van der Waals surface area contributed by atoms with Crippen molar-refractivity contribution in [3.8, 4) is 0 Å². The van der Waals surface area contributed by atoms with Gasteiger partial charge in [0.1, 0.15) is 0 Å². The van der Waals surface area contributed by atoms with Crippen LogP contribution in [-0.4, -0.2) is 26.6 Å². The van der Waals surface area contributed by atoms with E-state index >= 15 is 0 Å². The first kappa shape index (κ1) is 15.4. The van der Waals surface area contributed by atoms with Gasteiger partial charge in [0.25, 0.3) is 5.92 Å². The van der Waals surface area contributed by atoms with Gasteiger partial charge in [0, 0.05) is 19.2 Å². The Kier molecular flexibility index (Phi) is 4.44. The molecule has 0 radical (unpaired) electrons. The quantitative estimate of drug-likeness (QED) is 0.930. The van der Waals surface area contributed by atoms with Crippen molar-refractivity contribution < 1.29 is 17.2 Å². The molecule has 1 aromatic carbocycles. The molecular formula is C14H19F2NO2S. The average Bonchev–Trinajstić information content (AvgIpc) is 2.36. The van der Waals surface area contributed by atoms with Crippen molar-refractivity contribution in [2.45, 2.75) is 49.1 Å². The fourth-order valence-corrected chi connectivity index (χ4v) is 3.16. The first-order valence-corrected chi connectivity index (χ1v) is 8.58. The van der Waals surface area contributed by atoms with E-state index in [4.69, 9.17) is 0 Å². The van der Waals surface area contributed by atoms with Crippen LogP contribution in [0.15, 0.2) is 29.2 Å². The molecule has 0 bridgehead atoms. The first-order chi connectivity index (χ1) is 9.29. The minimum Gasteiger partial charge on any atom is -0.305 e. The summed E-state index contributed by atoms with van der Waals surface area (Å²) in [5, 5.41) is 2.86. The minimum absolute atomic E-state index is 0.0754. The Balaban J connectivity index is 2.04. The lowest BCUT2D eigenvalue weighted by molar-refractivity contribution is -0.0640. The lowest BCUT2D eigenvalue weighted by Gasteiger charge is -2.32. The second kappa shape index (κ2) is 5.77. The molecule has 0 spiro atoms. The third kappa shape index (κ3) is 3.76. The van der Waals surface area contributed by atoms with Crippen LogP contribution < -0.4 is 5.32 Å². The second-order valence-electron chi connectivity index (χ2n) is 5.36. The molecule has 1 fully saturated rings. The highest BCUT2D eigenvalue weighted by Crippen LogP contribution is 2.33. The fraction of sp³-hybridized carbons (Fsp3) is 0.571. The predicted molar refractivity (Wildman–Crippen MR) is 73.6 cm³/mol. The molecule has 0 heterocycles. The van der Waals surface area contributed by atoms with Crippen LogP contribution in [-0.2, 0) is 16.4 Å². The topological polar surface area (TPSA) is 46.2 Å². The maximum absolute atomic E-state index is 13.7. The number of halogens is 2.